The van der Waals surface area contributed by atoms with Crippen molar-refractivity contribution in [1.29, 1.82) is 0 Å². The molecule has 1 atom stereocenters. The molecule has 84 valence electrons. The summed E-state index contributed by atoms with van der Waals surface area (Å²) in [7, 11) is 0. The van der Waals surface area contributed by atoms with Crippen molar-refractivity contribution < 1.29 is 28.1 Å². The molecule has 0 radical (unpaired) electrons. The predicted molar refractivity (Wildman–Crippen MR) is 45.2 cm³/mol. The van der Waals surface area contributed by atoms with E-state index in [1.165, 1.54) is 12.1 Å². The van der Waals surface area contributed by atoms with Crippen LogP contribution in [0.4, 0.5) is 13.2 Å². The zero-order chi connectivity index (χ0) is 11.5. The number of hydrogen-bond acceptors (Lipinski definition) is 3. The molecule has 0 aliphatic carbocycles. The van der Waals surface area contributed by atoms with Crippen LogP contribution in [0.5, 0.6) is 5.75 Å². The van der Waals surface area contributed by atoms with Gasteiger partial charge in [-0.15, -0.1) is 13.2 Å². The summed E-state index contributed by atoms with van der Waals surface area (Å²) in [5.74, 6) is -0.364. The van der Waals surface area contributed by atoms with E-state index in [9.17, 15) is 13.2 Å². The highest BCUT2D eigenvalue weighted by Crippen LogP contribution is 2.24. The van der Waals surface area contributed by atoms with Crippen molar-refractivity contribution in [2.75, 3.05) is 6.61 Å². The molecule has 2 N–H and O–H groups in total. The molecule has 0 heterocycles. The normalized spacial score (nSPS) is 13.7. The summed E-state index contributed by atoms with van der Waals surface area (Å²) in [5, 5.41) is 17.7. The molecule has 1 unspecified atom stereocenters. The van der Waals surface area contributed by atoms with Crippen molar-refractivity contribution in [3.63, 3.8) is 0 Å². The van der Waals surface area contributed by atoms with Crippen molar-refractivity contribution in [3.8, 4) is 5.75 Å². The molecule has 0 saturated carbocycles. The number of alkyl halides is 3. The number of halogens is 3. The second-order valence-corrected chi connectivity index (χ2v) is 2.82. The molecule has 0 aliphatic heterocycles. The maximum atomic E-state index is 11.8. The first-order valence-corrected chi connectivity index (χ1v) is 4.07. The van der Waals surface area contributed by atoms with Crippen LogP contribution in [-0.2, 0) is 0 Å². The Morgan fingerprint density at radius 3 is 2.13 bits per heavy atom. The molecule has 0 fully saturated rings. The van der Waals surface area contributed by atoms with Crippen molar-refractivity contribution in [1.82, 2.24) is 0 Å². The van der Waals surface area contributed by atoms with Gasteiger partial charge in [-0.1, -0.05) is 12.1 Å². The SMILES string of the molecule is OCC(O)c1ccc(OC(F)(F)F)cc1. The summed E-state index contributed by atoms with van der Waals surface area (Å²) in [6.07, 6.45) is -5.82. The molecule has 1 rings (SSSR count). The lowest BCUT2D eigenvalue weighted by molar-refractivity contribution is -0.274. The van der Waals surface area contributed by atoms with E-state index >= 15 is 0 Å². The minimum Gasteiger partial charge on any atom is -0.406 e. The van der Waals surface area contributed by atoms with Crippen LogP contribution in [-0.4, -0.2) is 23.2 Å². The molecule has 0 aliphatic rings. The Hall–Kier alpha value is -1.27. The molecule has 0 saturated heterocycles. The number of rotatable bonds is 3. The summed E-state index contributed by atoms with van der Waals surface area (Å²) in [5.41, 5.74) is 0.326. The standard InChI is InChI=1S/C9H9F3O3/c10-9(11,12)15-7-3-1-6(2-4-7)8(14)5-13/h1-4,8,13-14H,5H2. The van der Waals surface area contributed by atoms with Gasteiger partial charge in [-0.05, 0) is 17.7 Å². The van der Waals surface area contributed by atoms with E-state index in [1.807, 2.05) is 0 Å². The predicted octanol–water partition coefficient (Wildman–Crippen LogP) is 1.61. The van der Waals surface area contributed by atoms with Crippen molar-refractivity contribution in [2.45, 2.75) is 12.5 Å². The molecular weight excluding hydrogens is 213 g/mol. The quantitative estimate of drug-likeness (QED) is 0.816. The van der Waals surface area contributed by atoms with Gasteiger partial charge in [0.15, 0.2) is 0 Å². The lowest BCUT2D eigenvalue weighted by atomic mass is 10.1. The lowest BCUT2D eigenvalue weighted by Gasteiger charge is -2.10. The van der Waals surface area contributed by atoms with E-state index in [-0.39, 0.29) is 5.75 Å². The molecule has 0 bridgehead atoms. The summed E-state index contributed by atoms with van der Waals surface area (Å²) in [4.78, 5) is 0. The van der Waals surface area contributed by atoms with Gasteiger partial charge in [0, 0.05) is 0 Å². The summed E-state index contributed by atoms with van der Waals surface area (Å²) < 4.78 is 38.9. The Labute approximate surface area is 83.7 Å². The van der Waals surface area contributed by atoms with Crippen LogP contribution in [0.15, 0.2) is 24.3 Å². The average molecular weight is 222 g/mol. The Bertz CT molecular complexity index is 307. The number of benzene rings is 1. The molecule has 0 aromatic heterocycles. The second-order valence-electron chi connectivity index (χ2n) is 2.82. The summed E-state index contributed by atoms with van der Waals surface area (Å²) >= 11 is 0. The molecule has 1 aromatic carbocycles. The van der Waals surface area contributed by atoms with Crippen molar-refractivity contribution in [2.24, 2.45) is 0 Å². The van der Waals surface area contributed by atoms with Crippen LogP contribution in [0.1, 0.15) is 11.7 Å². The fourth-order valence-electron chi connectivity index (χ4n) is 0.997. The first-order chi connectivity index (χ1) is 6.92. The Morgan fingerprint density at radius 1 is 1.20 bits per heavy atom. The third-order valence-corrected chi connectivity index (χ3v) is 1.67. The van der Waals surface area contributed by atoms with Gasteiger partial charge in [0.2, 0.25) is 0 Å². The number of aliphatic hydroxyl groups is 2. The molecule has 15 heavy (non-hydrogen) atoms. The highest BCUT2D eigenvalue weighted by Gasteiger charge is 2.30. The molecule has 3 nitrogen and oxygen atoms in total. The molecule has 0 spiro atoms. The van der Waals surface area contributed by atoms with Gasteiger partial charge >= 0.3 is 6.36 Å². The van der Waals surface area contributed by atoms with Crippen LogP contribution in [0, 0.1) is 0 Å². The molecular formula is C9H9F3O3. The van der Waals surface area contributed by atoms with Gasteiger partial charge < -0.3 is 14.9 Å². The fourth-order valence-corrected chi connectivity index (χ4v) is 0.997. The van der Waals surface area contributed by atoms with Gasteiger partial charge in [0.1, 0.15) is 11.9 Å². The van der Waals surface area contributed by atoms with Crippen molar-refractivity contribution >= 4 is 0 Å². The maximum Gasteiger partial charge on any atom is 0.573 e. The Morgan fingerprint density at radius 2 is 1.73 bits per heavy atom. The van der Waals surface area contributed by atoms with Gasteiger partial charge in [0.05, 0.1) is 6.61 Å². The highest BCUT2D eigenvalue weighted by atomic mass is 19.4. The third kappa shape index (κ3) is 3.77. The number of hydrogen-bond donors (Lipinski definition) is 2. The molecule has 6 heteroatoms. The van der Waals surface area contributed by atoms with Crippen LogP contribution >= 0.6 is 0 Å². The molecule has 0 amide bonds. The highest BCUT2D eigenvalue weighted by molar-refractivity contribution is 5.28. The smallest absolute Gasteiger partial charge is 0.406 e. The van der Waals surface area contributed by atoms with Gasteiger partial charge in [-0.2, -0.15) is 0 Å². The van der Waals surface area contributed by atoms with E-state index in [4.69, 9.17) is 10.2 Å². The summed E-state index contributed by atoms with van der Waals surface area (Å²) in [6.45, 7) is -0.487. The lowest BCUT2D eigenvalue weighted by Crippen LogP contribution is -2.17. The third-order valence-electron chi connectivity index (χ3n) is 1.67. The van der Waals surface area contributed by atoms with Crippen LogP contribution in [0.3, 0.4) is 0 Å². The van der Waals surface area contributed by atoms with Crippen molar-refractivity contribution in [3.05, 3.63) is 29.8 Å². The van der Waals surface area contributed by atoms with Gasteiger partial charge in [0.25, 0.3) is 0 Å². The summed E-state index contributed by atoms with van der Waals surface area (Å²) in [6, 6.07) is 4.65. The van der Waals surface area contributed by atoms with Crippen LogP contribution in [0.2, 0.25) is 0 Å². The van der Waals surface area contributed by atoms with Crippen LogP contribution in [0.25, 0.3) is 0 Å². The Balaban J connectivity index is 2.72. The first kappa shape index (κ1) is 11.8. The van der Waals surface area contributed by atoms with E-state index in [0.29, 0.717) is 5.56 Å². The van der Waals surface area contributed by atoms with Crippen LogP contribution < -0.4 is 4.74 Å². The monoisotopic (exact) mass is 222 g/mol. The second kappa shape index (κ2) is 4.50. The van der Waals surface area contributed by atoms with Gasteiger partial charge in [-0.25, -0.2) is 0 Å². The minimum atomic E-state index is -4.73. The zero-order valence-electron chi connectivity index (χ0n) is 7.53. The van der Waals surface area contributed by atoms with E-state index < -0.39 is 19.1 Å². The fraction of sp³-hybridized carbons (Fsp3) is 0.333. The minimum absolute atomic E-state index is 0.326. The number of aliphatic hydroxyl groups excluding tert-OH is 2. The van der Waals surface area contributed by atoms with E-state index in [1.54, 1.807) is 0 Å². The van der Waals surface area contributed by atoms with Gasteiger partial charge in [-0.3, -0.25) is 0 Å². The number of ether oxygens (including phenoxy) is 1. The molecule has 1 aromatic rings. The van der Waals surface area contributed by atoms with E-state index in [0.717, 1.165) is 12.1 Å². The average Bonchev–Trinajstić information content (AvgIpc) is 2.15. The topological polar surface area (TPSA) is 49.7 Å². The Kier molecular flexibility index (Phi) is 3.54. The largest absolute Gasteiger partial charge is 0.573 e. The van der Waals surface area contributed by atoms with E-state index in [2.05, 4.69) is 4.74 Å². The zero-order valence-corrected chi connectivity index (χ0v) is 7.53. The maximum absolute atomic E-state index is 11.8. The first-order valence-electron chi connectivity index (χ1n) is 4.07.